The Morgan fingerprint density at radius 2 is 1.86 bits per heavy atom. The number of carbonyl (C=O) groups excluding carboxylic acids is 1. The quantitative estimate of drug-likeness (QED) is 0.456. The Labute approximate surface area is 216 Å². The summed E-state index contributed by atoms with van der Waals surface area (Å²) in [6.45, 7) is 6.70. The van der Waals surface area contributed by atoms with Crippen molar-refractivity contribution in [2.75, 3.05) is 31.6 Å². The first kappa shape index (κ1) is 26.0. The summed E-state index contributed by atoms with van der Waals surface area (Å²) in [6.07, 6.45) is 7.65. The SMILES string of the molecule is CCNC1(c2ccccc2)CCC(C)(CN(C(=O)NCC2CCC2)c2ccc(C#N)cc2OC)CC1. The minimum atomic E-state index is -0.0855. The molecule has 6 nitrogen and oxygen atoms in total. The van der Waals surface area contributed by atoms with Crippen molar-refractivity contribution in [3.05, 3.63) is 59.7 Å². The molecule has 2 aliphatic carbocycles. The van der Waals surface area contributed by atoms with E-state index in [1.54, 1.807) is 19.2 Å². The second-order valence-electron chi connectivity index (χ2n) is 10.9. The first-order valence-electron chi connectivity index (χ1n) is 13.4. The maximum Gasteiger partial charge on any atom is 0.322 e. The molecular weight excluding hydrogens is 448 g/mol. The van der Waals surface area contributed by atoms with Gasteiger partial charge in [-0.05, 0) is 74.1 Å². The molecule has 0 bridgehead atoms. The molecule has 0 spiro atoms. The molecule has 0 atom stereocenters. The summed E-state index contributed by atoms with van der Waals surface area (Å²) in [5.41, 5.74) is 2.51. The molecule has 0 unspecified atom stereocenters. The smallest absolute Gasteiger partial charge is 0.322 e. The lowest BCUT2D eigenvalue weighted by molar-refractivity contribution is 0.125. The minimum absolute atomic E-state index is 0.0288. The largest absolute Gasteiger partial charge is 0.495 e. The fourth-order valence-corrected chi connectivity index (χ4v) is 5.74. The molecule has 2 saturated carbocycles. The zero-order valence-electron chi connectivity index (χ0n) is 22.0. The topological polar surface area (TPSA) is 77.4 Å². The van der Waals surface area contributed by atoms with E-state index in [9.17, 15) is 10.1 Å². The third-order valence-corrected chi connectivity index (χ3v) is 8.30. The molecule has 4 rings (SSSR count). The highest BCUT2D eigenvalue weighted by atomic mass is 16.5. The number of amides is 2. The van der Waals surface area contributed by atoms with Crippen LogP contribution in [0.1, 0.15) is 69.9 Å². The Bertz CT molecular complexity index is 1070. The van der Waals surface area contributed by atoms with Crippen LogP contribution in [-0.2, 0) is 5.54 Å². The van der Waals surface area contributed by atoms with Gasteiger partial charge in [-0.2, -0.15) is 5.26 Å². The third-order valence-electron chi connectivity index (χ3n) is 8.30. The molecule has 0 heterocycles. The first-order chi connectivity index (χ1) is 17.4. The Hall–Kier alpha value is -3.04. The molecule has 0 aromatic heterocycles. The predicted molar refractivity (Wildman–Crippen MR) is 144 cm³/mol. The average molecular weight is 489 g/mol. The van der Waals surface area contributed by atoms with Crippen molar-refractivity contribution in [2.24, 2.45) is 11.3 Å². The second kappa shape index (κ2) is 11.3. The van der Waals surface area contributed by atoms with Gasteiger partial charge in [-0.3, -0.25) is 4.90 Å². The summed E-state index contributed by atoms with van der Waals surface area (Å²) in [5.74, 6) is 1.13. The van der Waals surface area contributed by atoms with Gasteiger partial charge in [0, 0.05) is 24.7 Å². The fourth-order valence-electron chi connectivity index (χ4n) is 5.74. The number of hydrogen-bond acceptors (Lipinski definition) is 4. The molecule has 6 heteroatoms. The molecule has 0 aliphatic heterocycles. The number of hydrogen-bond donors (Lipinski definition) is 2. The molecule has 192 valence electrons. The minimum Gasteiger partial charge on any atom is -0.495 e. The van der Waals surface area contributed by atoms with Crippen LogP contribution in [0.3, 0.4) is 0 Å². The maximum atomic E-state index is 13.6. The third kappa shape index (κ3) is 5.68. The molecule has 2 aromatic carbocycles. The molecule has 0 saturated heterocycles. The Morgan fingerprint density at radius 1 is 1.14 bits per heavy atom. The number of urea groups is 1. The predicted octanol–water partition coefficient (Wildman–Crippen LogP) is 5.97. The van der Waals surface area contributed by atoms with E-state index in [-0.39, 0.29) is 17.0 Å². The maximum absolute atomic E-state index is 13.6. The van der Waals surface area contributed by atoms with Crippen LogP contribution in [0, 0.1) is 22.7 Å². The fraction of sp³-hybridized carbons (Fsp3) is 0.533. The summed E-state index contributed by atoms with van der Waals surface area (Å²) in [6, 6.07) is 18.2. The lowest BCUT2D eigenvalue weighted by Crippen LogP contribution is -2.51. The van der Waals surface area contributed by atoms with E-state index in [4.69, 9.17) is 4.74 Å². The van der Waals surface area contributed by atoms with Crippen molar-refractivity contribution in [1.82, 2.24) is 10.6 Å². The molecule has 0 radical (unpaired) electrons. The summed E-state index contributed by atoms with van der Waals surface area (Å²) >= 11 is 0. The zero-order valence-corrected chi connectivity index (χ0v) is 22.0. The van der Waals surface area contributed by atoms with Gasteiger partial charge in [0.2, 0.25) is 0 Å². The summed E-state index contributed by atoms with van der Waals surface area (Å²) < 4.78 is 5.64. The van der Waals surface area contributed by atoms with E-state index >= 15 is 0 Å². The van der Waals surface area contributed by atoms with E-state index in [0.717, 1.165) is 37.9 Å². The highest BCUT2D eigenvalue weighted by molar-refractivity contribution is 5.94. The average Bonchev–Trinajstić information content (AvgIpc) is 2.88. The number of methoxy groups -OCH3 is 1. The Balaban J connectivity index is 1.56. The number of benzene rings is 2. The van der Waals surface area contributed by atoms with Crippen molar-refractivity contribution < 1.29 is 9.53 Å². The highest BCUT2D eigenvalue weighted by Crippen LogP contribution is 2.47. The highest BCUT2D eigenvalue weighted by Gasteiger charge is 2.42. The van der Waals surface area contributed by atoms with Gasteiger partial charge < -0.3 is 15.4 Å². The van der Waals surface area contributed by atoms with Crippen LogP contribution in [0.15, 0.2) is 48.5 Å². The van der Waals surface area contributed by atoms with Gasteiger partial charge in [0.05, 0.1) is 24.4 Å². The first-order valence-corrected chi connectivity index (χ1v) is 13.4. The molecule has 2 N–H and O–H groups in total. The zero-order chi connectivity index (χ0) is 25.6. The monoisotopic (exact) mass is 488 g/mol. The van der Waals surface area contributed by atoms with E-state index in [2.05, 4.69) is 60.9 Å². The van der Waals surface area contributed by atoms with E-state index in [1.807, 2.05) is 11.0 Å². The van der Waals surface area contributed by atoms with Gasteiger partial charge in [-0.1, -0.05) is 50.6 Å². The van der Waals surface area contributed by atoms with Gasteiger partial charge in [0.25, 0.3) is 0 Å². The summed E-state index contributed by atoms with van der Waals surface area (Å²) in [7, 11) is 1.59. The van der Waals surface area contributed by atoms with Crippen LogP contribution in [-0.4, -0.2) is 32.8 Å². The van der Waals surface area contributed by atoms with Gasteiger partial charge in [-0.15, -0.1) is 0 Å². The van der Waals surface area contributed by atoms with Crippen molar-refractivity contribution in [3.63, 3.8) is 0 Å². The number of nitrogens with zero attached hydrogens (tertiary/aromatic N) is 2. The Morgan fingerprint density at radius 3 is 2.44 bits per heavy atom. The van der Waals surface area contributed by atoms with Gasteiger partial charge in [0.15, 0.2) is 0 Å². The molecule has 36 heavy (non-hydrogen) atoms. The van der Waals surface area contributed by atoms with Gasteiger partial charge in [-0.25, -0.2) is 4.79 Å². The second-order valence-corrected chi connectivity index (χ2v) is 10.9. The van der Waals surface area contributed by atoms with Crippen molar-refractivity contribution >= 4 is 11.7 Å². The van der Waals surface area contributed by atoms with E-state index < -0.39 is 0 Å². The number of ether oxygens (including phenoxy) is 1. The van der Waals surface area contributed by atoms with Crippen LogP contribution in [0.5, 0.6) is 5.75 Å². The van der Waals surface area contributed by atoms with Crippen molar-refractivity contribution in [1.29, 1.82) is 5.26 Å². The number of nitriles is 1. The van der Waals surface area contributed by atoms with Gasteiger partial charge >= 0.3 is 6.03 Å². The lowest BCUT2D eigenvalue weighted by atomic mass is 9.66. The number of rotatable bonds is 9. The summed E-state index contributed by atoms with van der Waals surface area (Å²) in [5, 5.41) is 16.3. The molecule has 2 aliphatic rings. The number of nitrogens with one attached hydrogen (secondary N) is 2. The number of anilines is 1. The Kier molecular flexibility index (Phi) is 8.21. The molecular formula is C30H40N4O2. The van der Waals surface area contributed by atoms with Crippen LogP contribution in [0.2, 0.25) is 0 Å². The summed E-state index contributed by atoms with van der Waals surface area (Å²) in [4.78, 5) is 15.4. The van der Waals surface area contributed by atoms with Gasteiger partial charge in [0.1, 0.15) is 5.75 Å². The van der Waals surface area contributed by atoms with Crippen molar-refractivity contribution in [3.8, 4) is 11.8 Å². The normalized spacial score (nSPS) is 23.8. The molecule has 2 aromatic rings. The van der Waals surface area contributed by atoms with Crippen molar-refractivity contribution in [2.45, 2.75) is 64.3 Å². The lowest BCUT2D eigenvalue weighted by Gasteiger charge is -2.47. The van der Waals surface area contributed by atoms with Crippen LogP contribution < -0.4 is 20.3 Å². The van der Waals surface area contributed by atoms with Crippen LogP contribution in [0.4, 0.5) is 10.5 Å². The number of carbonyl (C=O) groups is 1. The van der Waals surface area contributed by atoms with E-state index in [1.165, 1.54) is 24.8 Å². The van der Waals surface area contributed by atoms with E-state index in [0.29, 0.717) is 30.3 Å². The standard InChI is InChI=1S/C30H40N4O2/c1-4-33-30(25-11-6-5-7-12-25)17-15-29(2,16-18-30)22-34(28(35)32-21-23-9-8-10-23)26-14-13-24(20-31)19-27(26)36-3/h5-7,11-14,19,23,33H,4,8-10,15-18,21-22H2,1-3H3,(H,32,35). The van der Waals surface area contributed by atoms with Crippen LogP contribution >= 0.6 is 0 Å². The van der Waals surface area contributed by atoms with Crippen LogP contribution in [0.25, 0.3) is 0 Å². The molecule has 2 fully saturated rings. The molecule has 2 amide bonds.